The van der Waals surface area contributed by atoms with E-state index in [1.54, 1.807) is 0 Å². The van der Waals surface area contributed by atoms with Crippen LogP contribution in [0.15, 0.2) is 30.3 Å². The molecule has 0 radical (unpaired) electrons. The number of hydrogen-bond acceptors (Lipinski definition) is 2. The van der Waals surface area contributed by atoms with Crippen LogP contribution in [0.5, 0.6) is 11.5 Å². The topological polar surface area (TPSA) is 18.5 Å². The molecule has 3 aliphatic rings. The molecule has 0 N–H and O–H groups in total. The van der Waals surface area contributed by atoms with Gasteiger partial charge in [-0.1, -0.05) is 56.7 Å². The van der Waals surface area contributed by atoms with Crippen molar-refractivity contribution in [3.05, 3.63) is 35.9 Å². The molecular weight excluding hydrogens is 380 g/mol. The van der Waals surface area contributed by atoms with E-state index >= 15 is 0 Å². The summed E-state index contributed by atoms with van der Waals surface area (Å²) in [5.41, 5.74) is 1.50. The van der Waals surface area contributed by atoms with E-state index in [0.717, 1.165) is 11.5 Å². The van der Waals surface area contributed by atoms with E-state index in [0.29, 0.717) is 18.1 Å². The Bertz CT molecular complexity index is 835. The molecule has 0 atom stereocenters. The zero-order valence-electron chi connectivity index (χ0n) is 19.2. The van der Waals surface area contributed by atoms with Crippen molar-refractivity contribution in [1.82, 2.24) is 0 Å². The lowest BCUT2D eigenvalue weighted by atomic mass is 9.91. The van der Waals surface area contributed by atoms with Crippen LogP contribution in [0.1, 0.15) is 114 Å². The van der Waals surface area contributed by atoms with E-state index in [1.165, 1.54) is 119 Å². The molecule has 2 nitrogen and oxygen atoms in total. The summed E-state index contributed by atoms with van der Waals surface area (Å²) in [5, 5.41) is 2.63. The van der Waals surface area contributed by atoms with Gasteiger partial charge in [-0.3, -0.25) is 0 Å². The first-order valence-electron chi connectivity index (χ1n) is 13.3. The van der Waals surface area contributed by atoms with Crippen molar-refractivity contribution >= 4 is 10.8 Å². The third kappa shape index (κ3) is 5.04. The molecule has 0 aliphatic heterocycles. The first-order chi connectivity index (χ1) is 15.4. The summed E-state index contributed by atoms with van der Waals surface area (Å²) in [6.07, 6.45) is 21.6. The lowest BCUT2D eigenvalue weighted by Crippen LogP contribution is -2.16. The minimum absolute atomic E-state index is 0.370. The molecule has 2 heteroatoms. The van der Waals surface area contributed by atoms with Crippen LogP contribution in [0.3, 0.4) is 0 Å². The maximum Gasteiger partial charge on any atom is 0.127 e. The summed E-state index contributed by atoms with van der Waals surface area (Å²) in [6, 6.07) is 11.3. The Kier molecular flexibility index (Phi) is 7.02. The van der Waals surface area contributed by atoms with Crippen molar-refractivity contribution < 1.29 is 9.47 Å². The normalized spacial score (nSPS) is 22.3. The number of ether oxygens (including phenoxy) is 2. The Morgan fingerprint density at radius 1 is 0.516 bits per heavy atom. The molecule has 0 unspecified atom stereocenters. The van der Waals surface area contributed by atoms with Gasteiger partial charge in [0, 0.05) is 10.8 Å². The molecule has 0 aromatic heterocycles. The van der Waals surface area contributed by atoms with Gasteiger partial charge in [0.1, 0.15) is 11.5 Å². The summed E-state index contributed by atoms with van der Waals surface area (Å²) >= 11 is 0. The van der Waals surface area contributed by atoms with Crippen LogP contribution in [0.2, 0.25) is 0 Å². The fraction of sp³-hybridized carbons (Fsp3) is 0.655. The fourth-order valence-electron chi connectivity index (χ4n) is 6.23. The second-order valence-corrected chi connectivity index (χ2v) is 10.3. The Morgan fingerprint density at radius 2 is 1.06 bits per heavy atom. The minimum Gasteiger partial charge on any atom is -0.490 e. The summed E-state index contributed by atoms with van der Waals surface area (Å²) < 4.78 is 13.4. The minimum atomic E-state index is 0.370. The molecule has 2 aromatic rings. The summed E-state index contributed by atoms with van der Waals surface area (Å²) in [5.74, 6) is 2.86. The zero-order chi connectivity index (χ0) is 20.9. The maximum absolute atomic E-state index is 6.76. The first-order valence-corrected chi connectivity index (χ1v) is 13.3. The third-order valence-electron chi connectivity index (χ3n) is 7.98. The molecule has 0 saturated heterocycles. The van der Waals surface area contributed by atoms with Crippen LogP contribution < -0.4 is 9.47 Å². The van der Waals surface area contributed by atoms with Gasteiger partial charge in [0.15, 0.2) is 0 Å². The largest absolute Gasteiger partial charge is 0.490 e. The Morgan fingerprint density at radius 3 is 1.68 bits per heavy atom. The second-order valence-electron chi connectivity index (χ2n) is 10.3. The summed E-state index contributed by atoms with van der Waals surface area (Å²) in [4.78, 5) is 0. The van der Waals surface area contributed by atoms with Gasteiger partial charge in [-0.2, -0.15) is 0 Å². The number of benzene rings is 2. The van der Waals surface area contributed by atoms with Crippen molar-refractivity contribution in [2.24, 2.45) is 0 Å². The lowest BCUT2D eigenvalue weighted by molar-refractivity contribution is 0.184. The predicted octanol–water partition coefficient (Wildman–Crippen LogP) is 8.70. The monoisotopic (exact) mass is 420 g/mol. The van der Waals surface area contributed by atoms with Crippen molar-refractivity contribution in [2.75, 3.05) is 0 Å². The molecule has 0 bridgehead atoms. The Hall–Kier alpha value is -1.70. The predicted molar refractivity (Wildman–Crippen MR) is 129 cm³/mol. The molecular formula is C29H40O2. The molecule has 0 spiro atoms. The van der Waals surface area contributed by atoms with Crippen LogP contribution in [-0.4, -0.2) is 12.2 Å². The van der Waals surface area contributed by atoms with Gasteiger partial charge in [0.05, 0.1) is 12.2 Å². The molecule has 0 heterocycles. The van der Waals surface area contributed by atoms with E-state index in [2.05, 4.69) is 30.3 Å². The van der Waals surface area contributed by atoms with Gasteiger partial charge in [0.2, 0.25) is 0 Å². The number of fused-ring (bicyclic) bond motifs is 1. The molecule has 3 fully saturated rings. The van der Waals surface area contributed by atoms with E-state index in [-0.39, 0.29) is 0 Å². The smallest absolute Gasteiger partial charge is 0.127 e. The van der Waals surface area contributed by atoms with Gasteiger partial charge < -0.3 is 9.47 Å². The summed E-state index contributed by atoms with van der Waals surface area (Å²) in [7, 11) is 0. The Labute approximate surface area is 188 Å². The molecule has 3 aliphatic carbocycles. The third-order valence-corrected chi connectivity index (χ3v) is 7.98. The molecule has 0 amide bonds. The summed E-state index contributed by atoms with van der Waals surface area (Å²) in [6.45, 7) is 0. The van der Waals surface area contributed by atoms with Gasteiger partial charge in [-0.05, 0) is 87.8 Å². The first kappa shape index (κ1) is 21.2. The zero-order valence-corrected chi connectivity index (χ0v) is 19.2. The van der Waals surface area contributed by atoms with Crippen LogP contribution >= 0.6 is 0 Å². The highest BCUT2D eigenvalue weighted by Crippen LogP contribution is 2.44. The van der Waals surface area contributed by atoms with Crippen molar-refractivity contribution in [3.8, 4) is 11.5 Å². The highest BCUT2D eigenvalue weighted by molar-refractivity contribution is 5.96. The van der Waals surface area contributed by atoms with Crippen molar-refractivity contribution in [2.45, 2.75) is 121 Å². The molecule has 5 rings (SSSR count). The second kappa shape index (κ2) is 10.3. The average molecular weight is 421 g/mol. The molecule has 168 valence electrons. The lowest BCUT2D eigenvalue weighted by Gasteiger charge is -2.24. The van der Waals surface area contributed by atoms with Gasteiger partial charge in [-0.15, -0.1) is 0 Å². The van der Waals surface area contributed by atoms with Gasteiger partial charge >= 0.3 is 0 Å². The van der Waals surface area contributed by atoms with Crippen LogP contribution in [0.25, 0.3) is 10.8 Å². The van der Waals surface area contributed by atoms with E-state index in [4.69, 9.17) is 9.47 Å². The van der Waals surface area contributed by atoms with Crippen LogP contribution in [0, 0.1) is 0 Å². The van der Waals surface area contributed by atoms with Gasteiger partial charge in [0.25, 0.3) is 0 Å². The maximum atomic E-state index is 6.76. The number of hydrogen-bond donors (Lipinski definition) is 0. The quantitative estimate of drug-likeness (QED) is 0.450. The van der Waals surface area contributed by atoms with Gasteiger partial charge in [-0.25, -0.2) is 0 Å². The Balaban J connectivity index is 1.50. The van der Waals surface area contributed by atoms with Crippen LogP contribution in [0.4, 0.5) is 0 Å². The highest BCUT2D eigenvalue weighted by Gasteiger charge is 2.24. The average Bonchev–Trinajstić information content (AvgIpc) is 3.03. The SMILES string of the molecule is c1cc(OC2CCCCCC2)c2c(C3CCCC3)ccc(OC3CCCCCC3)c2c1. The van der Waals surface area contributed by atoms with E-state index in [1.807, 2.05) is 0 Å². The van der Waals surface area contributed by atoms with Crippen molar-refractivity contribution in [3.63, 3.8) is 0 Å². The fourth-order valence-corrected chi connectivity index (χ4v) is 6.23. The van der Waals surface area contributed by atoms with Crippen molar-refractivity contribution in [1.29, 1.82) is 0 Å². The van der Waals surface area contributed by atoms with E-state index < -0.39 is 0 Å². The standard InChI is InChI=1S/C29H40O2/c1-2-6-15-23(14-5-1)30-27-21-20-25(22-12-9-10-13-22)29-26(27)18-11-19-28(29)31-24-16-7-3-4-8-17-24/h11,18-24H,1-10,12-17H2. The highest BCUT2D eigenvalue weighted by atomic mass is 16.5. The van der Waals surface area contributed by atoms with Crippen LogP contribution in [-0.2, 0) is 0 Å². The molecule has 31 heavy (non-hydrogen) atoms. The number of rotatable bonds is 5. The van der Waals surface area contributed by atoms with E-state index in [9.17, 15) is 0 Å². The molecule has 2 aromatic carbocycles. The molecule has 3 saturated carbocycles.